The second-order valence-electron chi connectivity index (χ2n) is 7.68. The molecule has 0 aliphatic heterocycles. The van der Waals surface area contributed by atoms with Crippen LogP contribution in [0, 0.1) is 11.3 Å². The molecule has 6 heteroatoms. The molecule has 1 atom stereocenters. The fourth-order valence-electron chi connectivity index (χ4n) is 2.09. The van der Waals surface area contributed by atoms with Crippen LogP contribution in [0.15, 0.2) is 0 Å². The third kappa shape index (κ3) is 14.3. The molecule has 0 heterocycles. The smallest absolute Gasteiger partial charge is 0.267 e. The van der Waals surface area contributed by atoms with Gasteiger partial charge in [-0.25, -0.2) is 0 Å². The third-order valence-electron chi connectivity index (χ3n) is 2.73. The molecule has 0 fully saturated rings. The lowest BCUT2D eigenvalue weighted by Crippen LogP contribution is -2.50. The van der Waals surface area contributed by atoms with Crippen molar-refractivity contribution in [1.29, 1.82) is 0 Å². The van der Waals surface area contributed by atoms with Gasteiger partial charge in [-0.3, -0.25) is 9.35 Å². The Morgan fingerprint density at radius 1 is 1.09 bits per heavy atom. The zero-order chi connectivity index (χ0) is 18.2. The first-order chi connectivity index (χ1) is 9.67. The van der Waals surface area contributed by atoms with Crippen LogP contribution in [0.25, 0.3) is 0 Å². The maximum Gasteiger partial charge on any atom is 0.267 e. The van der Waals surface area contributed by atoms with E-state index in [0.717, 1.165) is 6.42 Å². The maximum atomic E-state index is 12.2. The summed E-state index contributed by atoms with van der Waals surface area (Å²) < 4.78 is 30.7. The van der Waals surface area contributed by atoms with Crippen LogP contribution in [0.2, 0.25) is 0 Å². The van der Waals surface area contributed by atoms with Gasteiger partial charge in [-0.15, -0.1) is 0 Å². The molecule has 0 bridgehead atoms. The predicted octanol–water partition coefficient (Wildman–Crippen LogP) is 3.65. The van der Waals surface area contributed by atoms with Crippen LogP contribution >= 0.6 is 0 Å². The normalized spacial score (nSPS) is 13.9. The molecule has 0 saturated carbocycles. The highest BCUT2D eigenvalue weighted by Crippen LogP contribution is 2.26. The van der Waals surface area contributed by atoms with Crippen LogP contribution in [0.3, 0.4) is 0 Å². The first-order valence-electron chi connectivity index (χ1n) is 7.94. The molecule has 1 amide bonds. The van der Waals surface area contributed by atoms with Gasteiger partial charge in [0.15, 0.2) is 0 Å². The fourth-order valence-corrected chi connectivity index (χ4v) is 3.07. The van der Waals surface area contributed by atoms with Crippen LogP contribution in [-0.2, 0) is 14.9 Å². The van der Waals surface area contributed by atoms with E-state index in [-0.39, 0.29) is 17.2 Å². The minimum Gasteiger partial charge on any atom is -0.350 e. The largest absolute Gasteiger partial charge is 0.350 e. The lowest BCUT2D eigenvalue weighted by atomic mass is 9.83. The number of carbonyl (C=O) groups is 1. The second kappa shape index (κ2) is 9.50. The summed E-state index contributed by atoms with van der Waals surface area (Å²) in [5, 5.41) is 2.71. The Morgan fingerprint density at radius 3 is 1.77 bits per heavy atom. The minimum atomic E-state index is -4.11. The molecule has 0 aromatic heterocycles. The molecule has 0 saturated heterocycles. The van der Waals surface area contributed by atoms with E-state index in [2.05, 4.69) is 39.9 Å². The van der Waals surface area contributed by atoms with Gasteiger partial charge in [0, 0.05) is 5.92 Å². The highest BCUT2D eigenvalue weighted by Gasteiger charge is 2.30. The molecular formula is C16H35NO4S. The Hall–Kier alpha value is -0.620. The molecule has 0 rings (SSSR count). The number of carbonyl (C=O) groups excluding carboxylic acids is 1. The van der Waals surface area contributed by atoms with Crippen molar-refractivity contribution in [3.8, 4) is 0 Å². The van der Waals surface area contributed by atoms with E-state index in [1.807, 2.05) is 6.92 Å². The van der Waals surface area contributed by atoms with Crippen molar-refractivity contribution in [1.82, 2.24) is 5.32 Å². The van der Waals surface area contributed by atoms with E-state index >= 15 is 0 Å². The standard InChI is InChI=1S/C13H27NO4S.C3H8/c1-7-10(8-12(2,3)4)11(15)14-13(5,6)9-19(16,17)18;1-3-2/h10H,7-9H2,1-6H3,(H,14,15)(H,16,17,18);3H2,1-2H3. The van der Waals surface area contributed by atoms with Crippen LogP contribution in [-0.4, -0.2) is 30.2 Å². The maximum absolute atomic E-state index is 12.2. The van der Waals surface area contributed by atoms with Gasteiger partial charge in [0.2, 0.25) is 5.91 Å². The molecule has 5 nitrogen and oxygen atoms in total. The van der Waals surface area contributed by atoms with E-state index in [0.29, 0.717) is 6.42 Å². The highest BCUT2D eigenvalue weighted by molar-refractivity contribution is 7.85. The van der Waals surface area contributed by atoms with E-state index in [1.54, 1.807) is 13.8 Å². The molecule has 0 aromatic rings. The summed E-state index contributed by atoms with van der Waals surface area (Å²) in [4.78, 5) is 12.2. The van der Waals surface area contributed by atoms with Crippen molar-refractivity contribution in [2.45, 2.75) is 80.2 Å². The zero-order valence-corrected chi connectivity index (χ0v) is 16.3. The Kier molecular flexibility index (Phi) is 10.2. The second-order valence-corrected chi connectivity index (χ2v) is 9.13. The highest BCUT2D eigenvalue weighted by atomic mass is 32.2. The summed E-state index contributed by atoms with van der Waals surface area (Å²) in [5.41, 5.74) is -0.943. The van der Waals surface area contributed by atoms with Gasteiger partial charge in [0.25, 0.3) is 10.1 Å². The SMILES string of the molecule is CCC.CCC(CC(C)(C)C)C(=O)NC(C)(C)CS(=O)(=O)O. The average molecular weight is 338 g/mol. The number of rotatable bonds is 6. The van der Waals surface area contributed by atoms with E-state index in [9.17, 15) is 13.2 Å². The molecule has 2 N–H and O–H groups in total. The number of hydrogen-bond acceptors (Lipinski definition) is 3. The topological polar surface area (TPSA) is 83.5 Å². The monoisotopic (exact) mass is 337 g/mol. The zero-order valence-electron chi connectivity index (χ0n) is 15.5. The summed E-state index contributed by atoms with van der Waals surface area (Å²) in [6, 6.07) is 0. The average Bonchev–Trinajstić information content (AvgIpc) is 2.21. The summed E-state index contributed by atoms with van der Waals surface area (Å²) in [6.45, 7) is 15.5. The molecule has 22 heavy (non-hydrogen) atoms. The lowest BCUT2D eigenvalue weighted by molar-refractivity contribution is -0.127. The summed E-state index contributed by atoms with van der Waals surface area (Å²) in [7, 11) is -4.11. The Balaban J connectivity index is 0. The van der Waals surface area contributed by atoms with Gasteiger partial charge < -0.3 is 5.32 Å². The molecule has 0 radical (unpaired) electrons. The molecule has 0 aliphatic rings. The Morgan fingerprint density at radius 2 is 1.50 bits per heavy atom. The van der Waals surface area contributed by atoms with Gasteiger partial charge in [-0.05, 0) is 32.1 Å². The van der Waals surface area contributed by atoms with Gasteiger partial charge in [0.05, 0.1) is 11.3 Å². The number of amides is 1. The van der Waals surface area contributed by atoms with Crippen LogP contribution in [0.1, 0.15) is 74.7 Å². The van der Waals surface area contributed by atoms with Crippen LogP contribution < -0.4 is 5.32 Å². The Bertz CT molecular complexity index is 422. The van der Waals surface area contributed by atoms with Crippen molar-refractivity contribution in [3.05, 3.63) is 0 Å². The quantitative estimate of drug-likeness (QED) is 0.725. The molecule has 0 aromatic carbocycles. The lowest BCUT2D eigenvalue weighted by Gasteiger charge is -2.30. The fraction of sp³-hybridized carbons (Fsp3) is 0.938. The summed E-state index contributed by atoms with van der Waals surface area (Å²) in [6.07, 6.45) is 2.68. The van der Waals surface area contributed by atoms with Crippen molar-refractivity contribution < 1.29 is 17.8 Å². The number of nitrogens with one attached hydrogen (secondary N) is 1. The Labute approximate surface area is 137 Å². The molecule has 1 unspecified atom stereocenters. The van der Waals surface area contributed by atoms with Crippen molar-refractivity contribution in [2.24, 2.45) is 11.3 Å². The van der Waals surface area contributed by atoms with E-state index in [4.69, 9.17) is 4.55 Å². The van der Waals surface area contributed by atoms with Gasteiger partial charge in [-0.1, -0.05) is 48.0 Å². The van der Waals surface area contributed by atoms with Crippen LogP contribution in [0.5, 0.6) is 0 Å². The van der Waals surface area contributed by atoms with Crippen molar-refractivity contribution >= 4 is 16.0 Å². The van der Waals surface area contributed by atoms with Crippen LogP contribution in [0.4, 0.5) is 0 Å². The minimum absolute atomic E-state index is 0.0330. The molecular weight excluding hydrogens is 302 g/mol. The van der Waals surface area contributed by atoms with Gasteiger partial charge in [-0.2, -0.15) is 8.42 Å². The predicted molar refractivity (Wildman–Crippen MR) is 92.5 cm³/mol. The molecule has 134 valence electrons. The van der Waals surface area contributed by atoms with Crippen molar-refractivity contribution in [2.75, 3.05) is 5.75 Å². The summed E-state index contributed by atoms with van der Waals surface area (Å²) >= 11 is 0. The molecule has 0 spiro atoms. The van der Waals surface area contributed by atoms with Crippen molar-refractivity contribution in [3.63, 3.8) is 0 Å². The van der Waals surface area contributed by atoms with Gasteiger partial charge in [0.1, 0.15) is 0 Å². The van der Waals surface area contributed by atoms with Gasteiger partial charge >= 0.3 is 0 Å². The van der Waals surface area contributed by atoms with E-state index < -0.39 is 21.4 Å². The third-order valence-corrected chi connectivity index (χ3v) is 3.81. The van der Waals surface area contributed by atoms with E-state index in [1.165, 1.54) is 6.42 Å². The first kappa shape index (κ1) is 23.6. The summed E-state index contributed by atoms with van der Waals surface area (Å²) in [5.74, 6) is -0.802. The molecule has 0 aliphatic carbocycles. The number of hydrogen-bond donors (Lipinski definition) is 2. The first-order valence-corrected chi connectivity index (χ1v) is 9.55.